The van der Waals surface area contributed by atoms with E-state index in [1.165, 1.54) is 12.0 Å². The molecule has 2 aromatic rings. The first-order valence-electron chi connectivity index (χ1n) is 8.91. The zero-order valence-electron chi connectivity index (χ0n) is 16.2. The number of hydrogen-bond donors (Lipinski definition) is 0. The van der Waals surface area contributed by atoms with Crippen molar-refractivity contribution in [3.63, 3.8) is 0 Å². The molecule has 0 saturated heterocycles. The highest BCUT2D eigenvalue weighted by Gasteiger charge is 2.38. The summed E-state index contributed by atoms with van der Waals surface area (Å²) in [6.45, 7) is 4.03. The standard InChI is InChI=1S/C22H19Cl2NO4/c1-4-29-19-8-6-5-7-14(19)11-16-20(22(27)28-3)13(2)25(21(16)26)15-9-10-17(23)18(24)12-15/h5-12H,4H2,1-3H3/b16-11-. The maximum absolute atomic E-state index is 13.3. The van der Waals surface area contributed by atoms with Crippen LogP contribution >= 0.6 is 23.2 Å². The minimum atomic E-state index is -0.599. The number of ether oxygens (including phenoxy) is 2. The van der Waals surface area contributed by atoms with E-state index >= 15 is 0 Å². The lowest BCUT2D eigenvalue weighted by Gasteiger charge is -2.18. The Hall–Kier alpha value is -2.76. The average molecular weight is 432 g/mol. The molecule has 0 fully saturated rings. The summed E-state index contributed by atoms with van der Waals surface area (Å²) in [5.74, 6) is -0.351. The quantitative estimate of drug-likeness (QED) is 0.477. The van der Waals surface area contributed by atoms with Gasteiger partial charge in [0.15, 0.2) is 0 Å². The monoisotopic (exact) mass is 431 g/mol. The number of para-hydroxylation sites is 1. The van der Waals surface area contributed by atoms with Crippen LogP contribution < -0.4 is 9.64 Å². The molecule has 0 aromatic heterocycles. The lowest BCUT2D eigenvalue weighted by Crippen LogP contribution is -2.24. The molecule has 5 nitrogen and oxygen atoms in total. The van der Waals surface area contributed by atoms with E-state index in [0.717, 1.165) is 0 Å². The first-order valence-corrected chi connectivity index (χ1v) is 9.67. The summed E-state index contributed by atoms with van der Waals surface area (Å²) in [4.78, 5) is 27.2. The van der Waals surface area contributed by atoms with Gasteiger partial charge in [-0.25, -0.2) is 4.79 Å². The summed E-state index contributed by atoms with van der Waals surface area (Å²) in [6.07, 6.45) is 1.64. The van der Waals surface area contributed by atoms with Crippen molar-refractivity contribution >= 4 is 46.8 Å². The minimum absolute atomic E-state index is 0.190. The number of rotatable bonds is 5. The minimum Gasteiger partial charge on any atom is -0.493 e. The number of carbonyl (C=O) groups is 2. The van der Waals surface area contributed by atoms with Gasteiger partial charge in [-0.15, -0.1) is 0 Å². The SMILES string of the molecule is CCOc1ccccc1/C=C1\C(=O)N(c2ccc(Cl)c(Cl)c2)C(C)=C1C(=O)OC. The summed E-state index contributed by atoms with van der Waals surface area (Å²) in [7, 11) is 1.28. The second-order valence-electron chi connectivity index (χ2n) is 6.22. The van der Waals surface area contributed by atoms with E-state index in [9.17, 15) is 9.59 Å². The predicted octanol–water partition coefficient (Wildman–Crippen LogP) is 5.27. The predicted molar refractivity (Wildman–Crippen MR) is 114 cm³/mol. The zero-order chi connectivity index (χ0) is 21.1. The molecular formula is C22H19Cl2NO4. The molecule has 0 atom stereocenters. The lowest BCUT2D eigenvalue weighted by molar-refractivity contribution is -0.136. The topological polar surface area (TPSA) is 55.8 Å². The number of halogens is 2. The number of amides is 1. The van der Waals surface area contributed by atoms with Gasteiger partial charge < -0.3 is 9.47 Å². The van der Waals surface area contributed by atoms with Crippen LogP contribution in [0, 0.1) is 0 Å². The Bertz CT molecular complexity index is 1040. The number of esters is 1. The molecule has 0 spiro atoms. The number of allylic oxidation sites excluding steroid dienone is 1. The summed E-state index contributed by atoms with van der Waals surface area (Å²) < 4.78 is 10.6. The molecule has 150 valence electrons. The molecule has 3 rings (SSSR count). The molecule has 1 heterocycles. The maximum atomic E-state index is 13.3. The van der Waals surface area contributed by atoms with Gasteiger partial charge in [0.05, 0.1) is 40.6 Å². The number of carbonyl (C=O) groups excluding carboxylic acids is 2. The molecule has 0 unspecified atom stereocenters. The third-order valence-electron chi connectivity index (χ3n) is 4.47. The highest BCUT2D eigenvalue weighted by molar-refractivity contribution is 6.42. The third-order valence-corrected chi connectivity index (χ3v) is 5.21. The van der Waals surface area contributed by atoms with Crippen molar-refractivity contribution in [3.8, 4) is 5.75 Å². The van der Waals surface area contributed by atoms with Crippen LogP contribution in [0.1, 0.15) is 19.4 Å². The highest BCUT2D eigenvalue weighted by atomic mass is 35.5. The van der Waals surface area contributed by atoms with Crippen molar-refractivity contribution in [3.05, 3.63) is 74.9 Å². The average Bonchev–Trinajstić information content (AvgIpc) is 2.95. The van der Waals surface area contributed by atoms with Crippen LogP contribution in [-0.2, 0) is 14.3 Å². The van der Waals surface area contributed by atoms with Gasteiger partial charge in [0.2, 0.25) is 0 Å². The summed E-state index contributed by atoms with van der Waals surface area (Å²) in [6, 6.07) is 12.1. The van der Waals surface area contributed by atoms with E-state index in [2.05, 4.69) is 0 Å². The Morgan fingerprint density at radius 1 is 1.14 bits per heavy atom. The smallest absolute Gasteiger partial charge is 0.340 e. The molecular weight excluding hydrogens is 413 g/mol. The van der Waals surface area contributed by atoms with E-state index in [0.29, 0.717) is 39.3 Å². The van der Waals surface area contributed by atoms with Crippen LogP contribution in [0.2, 0.25) is 10.0 Å². The van der Waals surface area contributed by atoms with Crippen LogP contribution in [0.15, 0.2) is 59.3 Å². The van der Waals surface area contributed by atoms with Crippen molar-refractivity contribution in [2.24, 2.45) is 0 Å². The molecule has 2 aromatic carbocycles. The Morgan fingerprint density at radius 2 is 1.86 bits per heavy atom. The summed E-state index contributed by atoms with van der Waals surface area (Å²) in [5.41, 5.74) is 2.04. The molecule has 0 bridgehead atoms. The molecule has 0 saturated carbocycles. The lowest BCUT2D eigenvalue weighted by atomic mass is 10.0. The van der Waals surface area contributed by atoms with Gasteiger partial charge in [0.25, 0.3) is 5.91 Å². The van der Waals surface area contributed by atoms with E-state index in [1.807, 2.05) is 25.1 Å². The third kappa shape index (κ3) is 4.02. The molecule has 29 heavy (non-hydrogen) atoms. The number of methoxy groups -OCH3 is 1. The molecule has 0 radical (unpaired) electrons. The van der Waals surface area contributed by atoms with Crippen LogP contribution in [0.5, 0.6) is 5.75 Å². The van der Waals surface area contributed by atoms with Crippen molar-refractivity contribution in [2.75, 3.05) is 18.6 Å². The normalized spacial score (nSPS) is 15.3. The fraction of sp³-hybridized carbons (Fsp3) is 0.182. The van der Waals surface area contributed by atoms with Gasteiger partial charge in [0.1, 0.15) is 5.75 Å². The molecule has 1 aliphatic rings. The van der Waals surface area contributed by atoms with Crippen LogP contribution in [0.25, 0.3) is 6.08 Å². The number of benzene rings is 2. The zero-order valence-corrected chi connectivity index (χ0v) is 17.7. The maximum Gasteiger partial charge on any atom is 0.340 e. The number of hydrogen-bond acceptors (Lipinski definition) is 4. The van der Waals surface area contributed by atoms with Crippen molar-refractivity contribution in [1.82, 2.24) is 0 Å². The van der Waals surface area contributed by atoms with Gasteiger partial charge in [-0.3, -0.25) is 9.69 Å². The second kappa shape index (κ2) is 8.72. The first kappa shape index (κ1) is 21.0. The fourth-order valence-corrected chi connectivity index (χ4v) is 3.45. The van der Waals surface area contributed by atoms with Gasteiger partial charge in [-0.2, -0.15) is 0 Å². The van der Waals surface area contributed by atoms with Crippen LogP contribution in [0.3, 0.4) is 0 Å². The Balaban J connectivity index is 2.16. The second-order valence-corrected chi connectivity index (χ2v) is 7.03. The molecule has 1 amide bonds. The summed E-state index contributed by atoms with van der Waals surface area (Å²) in [5, 5.41) is 0.682. The van der Waals surface area contributed by atoms with Gasteiger partial charge >= 0.3 is 5.97 Å². The van der Waals surface area contributed by atoms with Gasteiger partial charge in [0, 0.05) is 11.3 Å². The van der Waals surface area contributed by atoms with Crippen molar-refractivity contribution in [1.29, 1.82) is 0 Å². The Labute approximate surface area is 179 Å². The van der Waals surface area contributed by atoms with E-state index in [1.54, 1.807) is 37.3 Å². The van der Waals surface area contributed by atoms with Crippen LogP contribution in [0.4, 0.5) is 5.69 Å². The molecule has 7 heteroatoms. The Morgan fingerprint density at radius 3 is 2.52 bits per heavy atom. The molecule has 0 N–H and O–H groups in total. The van der Waals surface area contributed by atoms with E-state index in [4.69, 9.17) is 32.7 Å². The van der Waals surface area contributed by atoms with Crippen LogP contribution in [-0.4, -0.2) is 25.6 Å². The van der Waals surface area contributed by atoms with Crippen molar-refractivity contribution < 1.29 is 19.1 Å². The van der Waals surface area contributed by atoms with E-state index in [-0.39, 0.29) is 17.1 Å². The van der Waals surface area contributed by atoms with Gasteiger partial charge in [-0.05, 0) is 44.2 Å². The number of anilines is 1. The van der Waals surface area contributed by atoms with E-state index < -0.39 is 5.97 Å². The molecule has 1 aliphatic heterocycles. The first-order chi connectivity index (χ1) is 13.9. The Kier molecular flexibility index (Phi) is 6.30. The molecule has 0 aliphatic carbocycles. The van der Waals surface area contributed by atoms with Crippen molar-refractivity contribution in [2.45, 2.75) is 13.8 Å². The van der Waals surface area contributed by atoms with Gasteiger partial charge in [-0.1, -0.05) is 41.4 Å². The fourth-order valence-electron chi connectivity index (χ4n) is 3.16. The largest absolute Gasteiger partial charge is 0.493 e. The highest BCUT2D eigenvalue weighted by Crippen LogP contribution is 2.38. The number of nitrogens with zero attached hydrogens (tertiary/aromatic N) is 1. The summed E-state index contributed by atoms with van der Waals surface area (Å²) >= 11 is 12.1.